The molecule has 148 valence electrons. The summed E-state index contributed by atoms with van der Waals surface area (Å²) in [6.07, 6.45) is 7.97. The minimum Gasteiger partial charge on any atom is -0.321 e. The van der Waals surface area contributed by atoms with Crippen LogP contribution in [0.15, 0.2) is 42.9 Å². The van der Waals surface area contributed by atoms with Crippen molar-refractivity contribution in [3.05, 3.63) is 71.1 Å². The summed E-state index contributed by atoms with van der Waals surface area (Å²) in [5.74, 6) is 1.85. The lowest BCUT2D eigenvalue weighted by Crippen LogP contribution is -2.23. The molecule has 0 bridgehead atoms. The summed E-state index contributed by atoms with van der Waals surface area (Å²) in [5.41, 5.74) is 5.23. The van der Waals surface area contributed by atoms with E-state index < -0.39 is 0 Å². The molecule has 29 heavy (non-hydrogen) atoms. The number of nitrogens with zero attached hydrogens (tertiary/aromatic N) is 5. The number of anilines is 1. The first kappa shape index (κ1) is 18.0. The van der Waals surface area contributed by atoms with E-state index in [2.05, 4.69) is 34.2 Å². The number of benzene rings is 1. The van der Waals surface area contributed by atoms with Crippen LogP contribution in [0.2, 0.25) is 0 Å². The predicted octanol–water partition coefficient (Wildman–Crippen LogP) is 3.98. The van der Waals surface area contributed by atoms with E-state index in [1.165, 1.54) is 24.8 Å². The van der Waals surface area contributed by atoms with Crippen LogP contribution in [0, 0.1) is 0 Å². The van der Waals surface area contributed by atoms with Crippen molar-refractivity contribution >= 4 is 11.6 Å². The third-order valence-corrected chi connectivity index (χ3v) is 6.42. The number of amides is 1. The van der Waals surface area contributed by atoms with E-state index in [0.29, 0.717) is 12.5 Å². The highest BCUT2D eigenvalue weighted by Crippen LogP contribution is 2.40. The third-order valence-electron chi connectivity index (χ3n) is 6.42. The molecule has 6 heteroatoms. The Bertz CT molecular complexity index is 1070. The Morgan fingerprint density at radius 3 is 2.83 bits per heavy atom. The van der Waals surface area contributed by atoms with E-state index in [-0.39, 0.29) is 11.8 Å². The zero-order valence-electron chi connectivity index (χ0n) is 16.9. The minimum absolute atomic E-state index is 0.0843. The fourth-order valence-electron chi connectivity index (χ4n) is 4.38. The van der Waals surface area contributed by atoms with Gasteiger partial charge in [0, 0.05) is 48.1 Å². The Morgan fingerprint density at radius 2 is 2.10 bits per heavy atom. The smallest absolute Gasteiger partial charge is 0.259 e. The van der Waals surface area contributed by atoms with E-state index in [0.717, 1.165) is 34.8 Å². The molecular weight excluding hydrogens is 362 g/mol. The molecule has 0 spiro atoms. The van der Waals surface area contributed by atoms with Crippen LogP contribution in [-0.2, 0) is 20.0 Å². The molecular formula is C23H25N5O. The molecule has 1 aliphatic heterocycles. The van der Waals surface area contributed by atoms with Gasteiger partial charge in [0.1, 0.15) is 12.2 Å². The average molecular weight is 387 g/mol. The zero-order valence-corrected chi connectivity index (χ0v) is 16.9. The van der Waals surface area contributed by atoms with Crippen molar-refractivity contribution in [2.24, 2.45) is 7.05 Å². The normalized spacial score (nSPS) is 17.3. The van der Waals surface area contributed by atoms with Crippen LogP contribution in [0.3, 0.4) is 0 Å². The molecule has 0 unspecified atom stereocenters. The quantitative estimate of drug-likeness (QED) is 0.664. The summed E-state index contributed by atoms with van der Waals surface area (Å²) >= 11 is 0. The first-order valence-corrected chi connectivity index (χ1v) is 10.3. The number of carbonyl (C=O) groups is 1. The number of hydrogen-bond donors (Lipinski definition) is 0. The second kappa shape index (κ2) is 7.10. The largest absolute Gasteiger partial charge is 0.321 e. The maximum atomic E-state index is 13.1. The number of rotatable bonds is 5. The van der Waals surface area contributed by atoms with Crippen LogP contribution in [0.25, 0.3) is 0 Å². The van der Waals surface area contributed by atoms with E-state index in [1.54, 1.807) is 12.5 Å². The number of pyridine rings is 1. The van der Waals surface area contributed by atoms with Crippen molar-refractivity contribution in [1.29, 1.82) is 0 Å². The summed E-state index contributed by atoms with van der Waals surface area (Å²) in [6.45, 7) is 2.81. The Morgan fingerprint density at radius 1 is 1.24 bits per heavy atom. The maximum Gasteiger partial charge on any atom is 0.259 e. The SMILES string of the molecule is C[C@H](Cc1nncn1C)c1cccc(N2Cc3c(ccnc3C3CCC3)C2=O)c1. The van der Waals surface area contributed by atoms with Gasteiger partial charge in [0.05, 0.1) is 6.54 Å². The maximum absolute atomic E-state index is 13.1. The van der Waals surface area contributed by atoms with Crippen LogP contribution in [-0.4, -0.2) is 25.7 Å². The first-order valence-electron chi connectivity index (χ1n) is 10.3. The number of carbonyl (C=O) groups excluding carboxylic acids is 1. The lowest BCUT2D eigenvalue weighted by Gasteiger charge is -2.26. The summed E-state index contributed by atoms with van der Waals surface area (Å²) in [4.78, 5) is 19.7. The monoisotopic (exact) mass is 387 g/mol. The van der Waals surface area contributed by atoms with Crippen LogP contribution in [0.4, 0.5) is 5.69 Å². The van der Waals surface area contributed by atoms with Crippen LogP contribution in [0.5, 0.6) is 0 Å². The van der Waals surface area contributed by atoms with Gasteiger partial charge in [0.2, 0.25) is 0 Å². The van der Waals surface area contributed by atoms with Gasteiger partial charge in [-0.25, -0.2) is 0 Å². The Hall–Kier alpha value is -3.02. The van der Waals surface area contributed by atoms with Crippen LogP contribution >= 0.6 is 0 Å². The van der Waals surface area contributed by atoms with Gasteiger partial charge < -0.3 is 9.47 Å². The van der Waals surface area contributed by atoms with Crippen molar-refractivity contribution in [2.75, 3.05) is 4.90 Å². The van der Waals surface area contributed by atoms with Crippen LogP contribution in [0.1, 0.15) is 71.0 Å². The molecule has 1 fully saturated rings. The zero-order chi connectivity index (χ0) is 20.0. The Balaban J connectivity index is 1.41. The predicted molar refractivity (Wildman–Crippen MR) is 111 cm³/mol. The summed E-state index contributed by atoms with van der Waals surface area (Å²) in [6, 6.07) is 10.2. The molecule has 1 amide bonds. The molecule has 3 heterocycles. The van der Waals surface area contributed by atoms with Gasteiger partial charge in [-0.15, -0.1) is 10.2 Å². The summed E-state index contributed by atoms with van der Waals surface area (Å²) in [5, 5.41) is 8.17. The second-order valence-electron chi connectivity index (χ2n) is 8.30. The van der Waals surface area contributed by atoms with Gasteiger partial charge in [-0.05, 0) is 42.5 Å². The average Bonchev–Trinajstić information content (AvgIpc) is 3.25. The first-order chi connectivity index (χ1) is 14.1. The highest BCUT2D eigenvalue weighted by Gasteiger charge is 2.34. The van der Waals surface area contributed by atoms with Gasteiger partial charge in [-0.1, -0.05) is 25.5 Å². The van der Waals surface area contributed by atoms with Gasteiger partial charge in [0.25, 0.3) is 5.91 Å². The highest BCUT2D eigenvalue weighted by molar-refractivity contribution is 6.10. The van der Waals surface area contributed by atoms with Gasteiger partial charge in [-0.3, -0.25) is 9.78 Å². The summed E-state index contributed by atoms with van der Waals surface area (Å²) in [7, 11) is 1.96. The molecule has 0 saturated heterocycles. The van der Waals surface area contributed by atoms with Crippen molar-refractivity contribution in [2.45, 2.75) is 51.0 Å². The molecule has 1 aliphatic carbocycles. The molecule has 5 rings (SSSR count). The van der Waals surface area contributed by atoms with E-state index in [9.17, 15) is 4.79 Å². The van der Waals surface area contributed by atoms with Crippen molar-refractivity contribution in [3.8, 4) is 0 Å². The van der Waals surface area contributed by atoms with Crippen molar-refractivity contribution < 1.29 is 4.79 Å². The second-order valence-corrected chi connectivity index (χ2v) is 8.30. The third kappa shape index (κ3) is 3.12. The van der Waals surface area contributed by atoms with E-state index in [1.807, 2.05) is 34.7 Å². The number of fused-ring (bicyclic) bond motifs is 1. The molecule has 0 radical (unpaired) electrons. The molecule has 0 N–H and O–H groups in total. The van der Waals surface area contributed by atoms with Crippen LogP contribution < -0.4 is 4.90 Å². The molecule has 1 atom stereocenters. The molecule has 1 saturated carbocycles. The molecule has 2 aromatic heterocycles. The van der Waals surface area contributed by atoms with E-state index in [4.69, 9.17) is 0 Å². The standard InChI is InChI=1S/C23H25N5O/c1-15(11-21-26-25-14-27(21)2)17-7-4-8-18(12-17)28-13-20-19(23(28)29)9-10-24-22(20)16-5-3-6-16/h4,7-10,12,14-16H,3,5-6,11,13H2,1-2H3/t15-/m1/s1. The topological polar surface area (TPSA) is 63.9 Å². The lowest BCUT2D eigenvalue weighted by atomic mass is 9.80. The summed E-state index contributed by atoms with van der Waals surface area (Å²) < 4.78 is 1.95. The Kier molecular flexibility index (Phi) is 4.42. The Labute approximate surface area is 170 Å². The van der Waals surface area contributed by atoms with E-state index >= 15 is 0 Å². The number of hydrogen-bond acceptors (Lipinski definition) is 4. The minimum atomic E-state index is 0.0843. The van der Waals surface area contributed by atoms with Crippen molar-refractivity contribution in [1.82, 2.24) is 19.7 Å². The van der Waals surface area contributed by atoms with Gasteiger partial charge in [-0.2, -0.15) is 0 Å². The van der Waals surface area contributed by atoms with Gasteiger partial charge >= 0.3 is 0 Å². The number of aryl methyl sites for hydroxylation is 1. The highest BCUT2D eigenvalue weighted by atomic mass is 16.2. The fraction of sp³-hybridized carbons (Fsp3) is 0.391. The molecule has 1 aromatic carbocycles. The molecule has 2 aliphatic rings. The van der Waals surface area contributed by atoms with Crippen molar-refractivity contribution in [3.63, 3.8) is 0 Å². The fourth-order valence-corrected chi connectivity index (χ4v) is 4.38. The van der Waals surface area contributed by atoms with Gasteiger partial charge in [0.15, 0.2) is 0 Å². The molecule has 3 aromatic rings. The lowest BCUT2D eigenvalue weighted by molar-refractivity contribution is 0.0996. The molecule has 6 nitrogen and oxygen atoms in total. The number of aromatic nitrogens is 4.